The number of hydrogen-bond acceptors (Lipinski definition) is 6. The van der Waals surface area contributed by atoms with Crippen LogP contribution in [0.1, 0.15) is 37.4 Å². The van der Waals surface area contributed by atoms with Gasteiger partial charge in [0.2, 0.25) is 5.78 Å². The lowest BCUT2D eigenvalue weighted by Gasteiger charge is -2.14. The molecule has 1 amide bonds. The predicted octanol–water partition coefficient (Wildman–Crippen LogP) is 3.86. The minimum Gasteiger partial charge on any atom is -0.489 e. The number of hydrogen-bond donors (Lipinski definition) is 2. The van der Waals surface area contributed by atoms with Gasteiger partial charge in [0.15, 0.2) is 6.10 Å². The fourth-order valence-electron chi connectivity index (χ4n) is 3.56. The van der Waals surface area contributed by atoms with Crippen LogP contribution < -0.4 is 20.5 Å². The smallest absolute Gasteiger partial charge is 0.257 e. The number of fused-ring (bicyclic) bond motifs is 1. The number of rotatable bonds is 5. The lowest BCUT2D eigenvalue weighted by atomic mass is 9.94. The number of ketones is 1. The molecule has 1 aliphatic rings. The third-order valence-corrected chi connectivity index (χ3v) is 5.55. The number of aromatic nitrogens is 1. The first-order valence-corrected chi connectivity index (χ1v) is 9.91. The van der Waals surface area contributed by atoms with E-state index in [0.717, 1.165) is 16.7 Å². The van der Waals surface area contributed by atoms with Gasteiger partial charge in [0.25, 0.3) is 5.91 Å². The van der Waals surface area contributed by atoms with Crippen LogP contribution >= 0.6 is 0 Å². The Morgan fingerprint density at radius 3 is 2.55 bits per heavy atom. The summed E-state index contributed by atoms with van der Waals surface area (Å²) in [7, 11) is 0. The van der Waals surface area contributed by atoms with Crippen LogP contribution in [-0.4, -0.2) is 29.4 Å². The number of nitrogen functional groups attached to an aromatic ring is 1. The molecule has 0 saturated carbocycles. The van der Waals surface area contributed by atoms with Crippen molar-refractivity contribution in [1.29, 1.82) is 0 Å². The maximum absolute atomic E-state index is 12.9. The van der Waals surface area contributed by atoms with E-state index in [9.17, 15) is 9.59 Å². The number of ether oxygens (including phenoxy) is 2. The molecule has 1 atom stereocenters. The fourth-order valence-corrected chi connectivity index (χ4v) is 3.56. The number of Topliss-reactive ketones (excluding diaryl/α,β-unsaturated/α-hetero) is 1. The Morgan fingerprint density at radius 2 is 1.87 bits per heavy atom. The summed E-state index contributed by atoms with van der Waals surface area (Å²) in [5, 5.41) is 2.80. The molecule has 1 unspecified atom stereocenters. The van der Waals surface area contributed by atoms with Crippen molar-refractivity contribution >= 4 is 23.1 Å². The largest absolute Gasteiger partial charge is 0.489 e. The Bertz CT molecular complexity index is 1160. The summed E-state index contributed by atoms with van der Waals surface area (Å²) in [5.74, 6) is 0.791. The molecule has 0 aliphatic carbocycles. The van der Waals surface area contributed by atoms with Crippen molar-refractivity contribution in [3.63, 3.8) is 0 Å². The Hall–Kier alpha value is -3.87. The average Bonchev–Trinajstić information content (AvgIpc) is 3.12. The highest BCUT2D eigenvalue weighted by atomic mass is 16.5. The second kappa shape index (κ2) is 8.10. The summed E-state index contributed by atoms with van der Waals surface area (Å²) < 4.78 is 11.7. The summed E-state index contributed by atoms with van der Waals surface area (Å²) in [6.45, 7) is 5.74. The van der Waals surface area contributed by atoms with Crippen LogP contribution in [0.5, 0.6) is 11.5 Å². The number of carbonyl (C=O) groups excluding carboxylic acids is 2. The Kier molecular flexibility index (Phi) is 5.33. The van der Waals surface area contributed by atoms with Crippen molar-refractivity contribution in [3.05, 3.63) is 76.6 Å². The minimum absolute atomic E-state index is 0.0761. The Morgan fingerprint density at radius 1 is 1.13 bits per heavy atom. The van der Waals surface area contributed by atoms with E-state index in [0.29, 0.717) is 34.0 Å². The summed E-state index contributed by atoms with van der Waals surface area (Å²) in [6, 6.07) is 10.3. The molecule has 0 saturated heterocycles. The SMILES string of the molecule is Cc1c(C)c2c(c(C)c1N)C(=O)C(COc1ccc(NC(=O)c3cccnc3)cc1)O2. The van der Waals surface area contributed by atoms with E-state index in [1.165, 1.54) is 6.20 Å². The van der Waals surface area contributed by atoms with Crippen LogP contribution in [-0.2, 0) is 0 Å². The fraction of sp³-hybridized carbons (Fsp3) is 0.208. The molecule has 0 fully saturated rings. The van der Waals surface area contributed by atoms with E-state index in [-0.39, 0.29) is 18.3 Å². The topological polar surface area (TPSA) is 104 Å². The van der Waals surface area contributed by atoms with Gasteiger partial charge in [-0.1, -0.05) is 0 Å². The maximum Gasteiger partial charge on any atom is 0.257 e. The number of benzene rings is 2. The molecule has 7 heteroatoms. The number of nitrogens with two attached hydrogens (primary N) is 1. The van der Waals surface area contributed by atoms with Crippen molar-refractivity contribution < 1.29 is 19.1 Å². The zero-order valence-corrected chi connectivity index (χ0v) is 17.6. The zero-order valence-electron chi connectivity index (χ0n) is 17.6. The monoisotopic (exact) mass is 417 g/mol. The molecule has 0 radical (unpaired) electrons. The second-order valence-corrected chi connectivity index (χ2v) is 7.49. The van der Waals surface area contributed by atoms with Gasteiger partial charge < -0.3 is 20.5 Å². The third kappa shape index (κ3) is 3.82. The van der Waals surface area contributed by atoms with Crippen molar-refractivity contribution in [3.8, 4) is 11.5 Å². The molecule has 7 nitrogen and oxygen atoms in total. The normalized spacial score (nSPS) is 14.7. The minimum atomic E-state index is -0.724. The lowest BCUT2D eigenvalue weighted by molar-refractivity contribution is 0.0768. The zero-order chi connectivity index (χ0) is 22.1. The summed E-state index contributed by atoms with van der Waals surface area (Å²) in [6.07, 6.45) is 2.39. The van der Waals surface area contributed by atoms with Crippen molar-refractivity contribution in [2.45, 2.75) is 26.9 Å². The van der Waals surface area contributed by atoms with E-state index >= 15 is 0 Å². The molecule has 2 heterocycles. The molecule has 31 heavy (non-hydrogen) atoms. The van der Waals surface area contributed by atoms with Gasteiger partial charge in [-0.05, 0) is 73.9 Å². The number of pyridine rings is 1. The number of amides is 1. The molecule has 0 spiro atoms. The third-order valence-electron chi connectivity index (χ3n) is 5.55. The first-order chi connectivity index (χ1) is 14.9. The first-order valence-electron chi connectivity index (χ1n) is 9.91. The molecule has 4 rings (SSSR count). The van der Waals surface area contributed by atoms with Crippen molar-refractivity contribution in [2.24, 2.45) is 0 Å². The number of anilines is 2. The quantitative estimate of drug-likeness (QED) is 0.611. The predicted molar refractivity (Wildman–Crippen MR) is 118 cm³/mol. The van der Waals surface area contributed by atoms with Crippen molar-refractivity contribution in [2.75, 3.05) is 17.7 Å². The molecular formula is C24H23N3O4. The van der Waals surface area contributed by atoms with E-state index in [1.807, 2.05) is 20.8 Å². The second-order valence-electron chi connectivity index (χ2n) is 7.49. The molecule has 3 N–H and O–H groups in total. The number of nitrogens with zero attached hydrogens (tertiary/aromatic N) is 1. The van der Waals surface area contributed by atoms with Crippen LogP contribution in [0.4, 0.5) is 11.4 Å². The van der Waals surface area contributed by atoms with Gasteiger partial charge in [0.05, 0.1) is 11.1 Å². The highest BCUT2D eigenvalue weighted by Gasteiger charge is 2.37. The van der Waals surface area contributed by atoms with Gasteiger partial charge >= 0.3 is 0 Å². The van der Waals surface area contributed by atoms with Crippen LogP contribution in [0.3, 0.4) is 0 Å². The highest BCUT2D eigenvalue weighted by molar-refractivity contribution is 6.07. The number of carbonyl (C=O) groups is 2. The van der Waals surface area contributed by atoms with E-state index in [2.05, 4.69) is 10.3 Å². The highest BCUT2D eigenvalue weighted by Crippen LogP contribution is 2.40. The molecule has 2 aromatic carbocycles. The van der Waals surface area contributed by atoms with Gasteiger partial charge in [-0.3, -0.25) is 14.6 Å². The maximum atomic E-state index is 12.9. The van der Waals surface area contributed by atoms with Gasteiger partial charge in [0, 0.05) is 23.8 Å². The summed E-state index contributed by atoms with van der Waals surface area (Å²) in [4.78, 5) is 29.0. The van der Waals surface area contributed by atoms with Crippen LogP contribution in [0.25, 0.3) is 0 Å². The molecule has 3 aromatic rings. The number of nitrogens with one attached hydrogen (secondary N) is 1. The standard InChI is InChI=1S/C24H23N3O4/c1-13-14(2)23-20(15(3)21(13)25)22(28)19(31-23)12-30-18-8-6-17(7-9-18)27-24(29)16-5-4-10-26-11-16/h4-11,19H,12,25H2,1-3H3,(H,27,29). The summed E-state index contributed by atoms with van der Waals surface area (Å²) in [5.41, 5.74) is 11.0. The van der Waals surface area contributed by atoms with E-state index in [1.54, 1.807) is 42.6 Å². The van der Waals surface area contributed by atoms with Gasteiger partial charge in [-0.2, -0.15) is 0 Å². The van der Waals surface area contributed by atoms with Gasteiger partial charge in [-0.25, -0.2) is 0 Å². The van der Waals surface area contributed by atoms with E-state index in [4.69, 9.17) is 15.2 Å². The van der Waals surface area contributed by atoms with Crippen LogP contribution in [0.2, 0.25) is 0 Å². The first kappa shape index (κ1) is 20.4. The molecule has 158 valence electrons. The van der Waals surface area contributed by atoms with Crippen molar-refractivity contribution in [1.82, 2.24) is 4.98 Å². The molecule has 0 bridgehead atoms. The molecule has 1 aliphatic heterocycles. The van der Waals surface area contributed by atoms with Crippen LogP contribution in [0.15, 0.2) is 48.8 Å². The Balaban J connectivity index is 1.40. The van der Waals surface area contributed by atoms with Gasteiger partial charge in [-0.15, -0.1) is 0 Å². The molecule has 1 aromatic heterocycles. The van der Waals surface area contributed by atoms with Crippen LogP contribution in [0, 0.1) is 20.8 Å². The lowest BCUT2D eigenvalue weighted by Crippen LogP contribution is -2.28. The van der Waals surface area contributed by atoms with Gasteiger partial charge in [0.1, 0.15) is 18.1 Å². The summed E-state index contributed by atoms with van der Waals surface area (Å²) >= 11 is 0. The van der Waals surface area contributed by atoms with E-state index < -0.39 is 6.10 Å². The Labute approximate surface area is 180 Å². The molecular weight excluding hydrogens is 394 g/mol. The average molecular weight is 417 g/mol.